The molecule has 2 aromatic rings. The van der Waals surface area contributed by atoms with Gasteiger partial charge in [-0.3, -0.25) is 4.68 Å². The smallest absolute Gasteiger partial charge is 0.131 e. The molecule has 0 aliphatic rings. The monoisotopic (exact) mass is 247 g/mol. The molecule has 1 aromatic carbocycles. The second kappa shape index (κ2) is 5.31. The van der Waals surface area contributed by atoms with E-state index in [2.05, 4.69) is 10.4 Å². The van der Waals surface area contributed by atoms with Crippen molar-refractivity contribution in [2.75, 3.05) is 6.54 Å². The van der Waals surface area contributed by atoms with E-state index in [1.807, 2.05) is 32.2 Å². The molecule has 0 fully saturated rings. The number of nitrogens with zero attached hydrogens (tertiary/aromatic N) is 2. The topological polar surface area (TPSA) is 29.9 Å². The lowest BCUT2D eigenvalue weighted by Gasteiger charge is -2.20. The van der Waals surface area contributed by atoms with E-state index in [0.29, 0.717) is 11.1 Å². The summed E-state index contributed by atoms with van der Waals surface area (Å²) >= 11 is 0. The van der Waals surface area contributed by atoms with Crippen LogP contribution in [0.4, 0.5) is 4.39 Å². The van der Waals surface area contributed by atoms with E-state index in [1.165, 1.54) is 0 Å². The van der Waals surface area contributed by atoms with Crippen molar-refractivity contribution in [1.29, 1.82) is 0 Å². The van der Waals surface area contributed by atoms with E-state index < -0.39 is 0 Å². The summed E-state index contributed by atoms with van der Waals surface area (Å²) in [6, 6.07) is 7.24. The predicted molar refractivity (Wildman–Crippen MR) is 69.9 cm³/mol. The molecule has 0 radical (unpaired) electrons. The first kappa shape index (κ1) is 12.8. The summed E-state index contributed by atoms with van der Waals surface area (Å²) in [6.45, 7) is 4.56. The molecule has 0 saturated carbocycles. The minimum absolute atomic E-state index is 0.148. The minimum Gasteiger partial charge on any atom is -0.305 e. The summed E-state index contributed by atoms with van der Waals surface area (Å²) in [6.07, 6.45) is 1.73. The zero-order valence-electron chi connectivity index (χ0n) is 10.9. The molecule has 0 bridgehead atoms. The van der Waals surface area contributed by atoms with Crippen LogP contribution in [0.15, 0.2) is 30.5 Å². The third-order valence-electron chi connectivity index (χ3n) is 3.10. The maximum absolute atomic E-state index is 14.2. The lowest BCUT2D eigenvalue weighted by molar-refractivity contribution is 0.528. The normalized spacial score (nSPS) is 12.7. The average Bonchev–Trinajstić information content (AvgIpc) is 2.76. The van der Waals surface area contributed by atoms with E-state index in [1.54, 1.807) is 23.9 Å². The molecule has 0 spiro atoms. The van der Waals surface area contributed by atoms with E-state index in [4.69, 9.17) is 0 Å². The quantitative estimate of drug-likeness (QED) is 0.900. The highest BCUT2D eigenvalue weighted by atomic mass is 19.1. The average molecular weight is 247 g/mol. The van der Waals surface area contributed by atoms with Gasteiger partial charge in [0.05, 0.1) is 11.7 Å². The maximum atomic E-state index is 14.2. The number of aryl methyl sites for hydroxylation is 2. The maximum Gasteiger partial charge on any atom is 0.131 e. The largest absolute Gasteiger partial charge is 0.305 e. The van der Waals surface area contributed by atoms with Crippen LogP contribution in [-0.4, -0.2) is 16.3 Å². The number of nitrogens with one attached hydrogen (secondary N) is 1. The first-order valence-electron chi connectivity index (χ1n) is 6.11. The highest BCUT2D eigenvalue weighted by molar-refractivity contribution is 5.32. The molecule has 1 aromatic heterocycles. The second-order valence-corrected chi connectivity index (χ2v) is 4.35. The van der Waals surface area contributed by atoms with Crippen LogP contribution in [-0.2, 0) is 7.05 Å². The molecule has 3 nitrogen and oxygen atoms in total. The fraction of sp³-hybridized carbons (Fsp3) is 0.357. The minimum atomic E-state index is -0.164. The lowest BCUT2D eigenvalue weighted by atomic mass is 10.0. The van der Waals surface area contributed by atoms with Gasteiger partial charge in [-0.1, -0.05) is 25.1 Å². The number of hydrogen-bond acceptors (Lipinski definition) is 2. The predicted octanol–water partition coefficient (Wildman–Crippen LogP) is 2.57. The van der Waals surface area contributed by atoms with Gasteiger partial charge >= 0.3 is 0 Å². The molecular weight excluding hydrogens is 229 g/mol. The molecule has 4 heteroatoms. The molecule has 1 atom stereocenters. The Bertz CT molecular complexity index is 534. The van der Waals surface area contributed by atoms with Crippen LogP contribution in [0.25, 0.3) is 0 Å². The molecule has 0 aliphatic heterocycles. The van der Waals surface area contributed by atoms with Crippen molar-refractivity contribution in [2.45, 2.75) is 19.9 Å². The van der Waals surface area contributed by atoms with E-state index in [-0.39, 0.29) is 11.9 Å². The molecule has 0 aliphatic carbocycles. The first-order chi connectivity index (χ1) is 8.65. The van der Waals surface area contributed by atoms with Crippen molar-refractivity contribution in [1.82, 2.24) is 15.1 Å². The van der Waals surface area contributed by atoms with E-state index >= 15 is 0 Å². The molecular formula is C14H18FN3. The summed E-state index contributed by atoms with van der Waals surface area (Å²) < 4.78 is 16.0. The van der Waals surface area contributed by atoms with Gasteiger partial charge in [-0.15, -0.1) is 0 Å². The molecule has 96 valence electrons. The Hall–Kier alpha value is -1.68. The highest BCUT2D eigenvalue weighted by Crippen LogP contribution is 2.25. The third-order valence-corrected chi connectivity index (χ3v) is 3.10. The van der Waals surface area contributed by atoms with Crippen LogP contribution in [0.3, 0.4) is 0 Å². The number of benzene rings is 1. The highest BCUT2D eigenvalue weighted by Gasteiger charge is 2.20. The summed E-state index contributed by atoms with van der Waals surface area (Å²) in [5.41, 5.74) is 2.29. The number of halogens is 1. The van der Waals surface area contributed by atoms with Crippen LogP contribution < -0.4 is 5.32 Å². The van der Waals surface area contributed by atoms with Gasteiger partial charge in [-0.2, -0.15) is 5.10 Å². The van der Waals surface area contributed by atoms with Gasteiger partial charge in [0, 0.05) is 18.8 Å². The van der Waals surface area contributed by atoms with Gasteiger partial charge in [0.1, 0.15) is 5.82 Å². The van der Waals surface area contributed by atoms with Crippen LogP contribution in [0.1, 0.15) is 29.8 Å². The molecule has 0 saturated heterocycles. The molecule has 1 N–H and O–H groups in total. The van der Waals surface area contributed by atoms with Crippen molar-refractivity contribution < 1.29 is 4.39 Å². The Balaban J connectivity index is 2.48. The van der Waals surface area contributed by atoms with Crippen molar-refractivity contribution in [2.24, 2.45) is 7.05 Å². The molecule has 1 heterocycles. The van der Waals surface area contributed by atoms with Crippen LogP contribution in [0.2, 0.25) is 0 Å². The number of aromatic nitrogens is 2. The summed E-state index contributed by atoms with van der Waals surface area (Å²) in [5.74, 6) is -0.148. The number of hydrogen-bond donors (Lipinski definition) is 1. The Labute approximate surface area is 107 Å². The van der Waals surface area contributed by atoms with Gasteiger partial charge in [0.2, 0.25) is 0 Å². The summed E-state index contributed by atoms with van der Waals surface area (Å²) in [5, 5.41) is 7.46. The van der Waals surface area contributed by atoms with Crippen molar-refractivity contribution in [3.05, 3.63) is 53.1 Å². The first-order valence-corrected chi connectivity index (χ1v) is 6.11. The summed E-state index contributed by atoms with van der Waals surface area (Å²) in [7, 11) is 1.87. The zero-order valence-corrected chi connectivity index (χ0v) is 10.9. The molecule has 1 unspecified atom stereocenters. The Kier molecular flexibility index (Phi) is 3.77. The zero-order chi connectivity index (χ0) is 13.1. The van der Waals surface area contributed by atoms with Crippen LogP contribution in [0, 0.1) is 12.7 Å². The van der Waals surface area contributed by atoms with Crippen LogP contribution in [0.5, 0.6) is 0 Å². The van der Waals surface area contributed by atoms with Crippen molar-refractivity contribution in [3.8, 4) is 0 Å². The summed E-state index contributed by atoms with van der Waals surface area (Å²) in [4.78, 5) is 0. The van der Waals surface area contributed by atoms with Gasteiger partial charge in [-0.05, 0) is 25.1 Å². The molecule has 18 heavy (non-hydrogen) atoms. The SMILES string of the molecule is CCNC(c1cccc(C)c1F)c1ccnn1C. The Morgan fingerprint density at radius 2 is 2.17 bits per heavy atom. The van der Waals surface area contributed by atoms with E-state index in [0.717, 1.165) is 12.2 Å². The van der Waals surface area contributed by atoms with Gasteiger partial charge in [-0.25, -0.2) is 4.39 Å². The molecule has 2 rings (SSSR count). The van der Waals surface area contributed by atoms with Crippen molar-refractivity contribution >= 4 is 0 Å². The van der Waals surface area contributed by atoms with Gasteiger partial charge in [0.15, 0.2) is 0 Å². The number of rotatable bonds is 4. The fourth-order valence-corrected chi connectivity index (χ4v) is 2.14. The Morgan fingerprint density at radius 3 is 2.78 bits per heavy atom. The van der Waals surface area contributed by atoms with Gasteiger partial charge in [0.25, 0.3) is 0 Å². The molecule has 0 amide bonds. The van der Waals surface area contributed by atoms with Crippen molar-refractivity contribution in [3.63, 3.8) is 0 Å². The standard InChI is InChI=1S/C14H18FN3/c1-4-16-14(12-8-9-17-18(12)3)11-7-5-6-10(2)13(11)15/h5-9,14,16H,4H2,1-3H3. The van der Waals surface area contributed by atoms with E-state index in [9.17, 15) is 4.39 Å². The Morgan fingerprint density at radius 1 is 1.39 bits per heavy atom. The second-order valence-electron chi connectivity index (χ2n) is 4.35. The van der Waals surface area contributed by atoms with Gasteiger partial charge < -0.3 is 5.32 Å². The third kappa shape index (κ3) is 2.29. The lowest BCUT2D eigenvalue weighted by Crippen LogP contribution is -2.25. The van der Waals surface area contributed by atoms with Crippen LogP contribution >= 0.6 is 0 Å². The fourth-order valence-electron chi connectivity index (χ4n) is 2.14.